The predicted molar refractivity (Wildman–Crippen MR) is 107 cm³/mol. The van der Waals surface area contributed by atoms with Gasteiger partial charge in [0.1, 0.15) is 11.0 Å². The normalized spacial score (nSPS) is 11.6. The van der Waals surface area contributed by atoms with Gasteiger partial charge in [-0.1, -0.05) is 41.9 Å². The molecule has 1 aromatic heterocycles. The number of benzene rings is 2. The van der Waals surface area contributed by atoms with Crippen molar-refractivity contribution >= 4 is 35.0 Å². The highest BCUT2D eigenvalue weighted by atomic mass is 35.5. The highest BCUT2D eigenvalue weighted by molar-refractivity contribution is 8.00. The molecular formula is C20H17ClN2O3S. The third-order valence-electron chi connectivity index (χ3n) is 3.79. The average molecular weight is 401 g/mol. The van der Waals surface area contributed by atoms with Crippen LogP contribution in [-0.2, 0) is 4.79 Å². The number of halogens is 1. The number of nitrogens with zero attached hydrogens (tertiary/aromatic N) is 1. The number of aromatic nitrogens is 1. The molecule has 3 aromatic rings. The second kappa shape index (κ2) is 8.79. The summed E-state index contributed by atoms with van der Waals surface area (Å²) in [5, 5.41) is 15.1. The van der Waals surface area contributed by atoms with E-state index in [0.717, 1.165) is 10.3 Å². The largest absolute Gasteiger partial charge is 0.618 e. The molecule has 0 radical (unpaired) electrons. The van der Waals surface area contributed by atoms with Crippen LogP contribution >= 0.6 is 23.4 Å². The second-order valence-electron chi connectivity index (χ2n) is 5.61. The molecule has 0 fully saturated rings. The van der Waals surface area contributed by atoms with E-state index >= 15 is 0 Å². The Hall–Kier alpha value is -2.70. The van der Waals surface area contributed by atoms with Crippen molar-refractivity contribution in [3.8, 4) is 5.75 Å². The van der Waals surface area contributed by atoms with Gasteiger partial charge in [0, 0.05) is 17.8 Å². The Morgan fingerprint density at radius 1 is 1.15 bits per heavy atom. The quantitative estimate of drug-likeness (QED) is 0.377. The number of amides is 1. The van der Waals surface area contributed by atoms with E-state index in [1.54, 1.807) is 36.4 Å². The summed E-state index contributed by atoms with van der Waals surface area (Å²) in [6.45, 7) is 0. The third kappa shape index (κ3) is 4.72. The first-order valence-electron chi connectivity index (χ1n) is 8.12. The number of rotatable bonds is 6. The molecule has 5 nitrogen and oxygen atoms in total. The van der Waals surface area contributed by atoms with Gasteiger partial charge >= 0.3 is 0 Å². The van der Waals surface area contributed by atoms with Crippen LogP contribution in [0.4, 0.5) is 5.69 Å². The Labute approximate surface area is 166 Å². The van der Waals surface area contributed by atoms with Gasteiger partial charge in [-0.25, -0.2) is 0 Å². The van der Waals surface area contributed by atoms with E-state index in [4.69, 9.17) is 16.3 Å². The molecular weight excluding hydrogens is 384 g/mol. The average Bonchev–Trinajstić information content (AvgIpc) is 2.68. The van der Waals surface area contributed by atoms with Crippen LogP contribution in [0.15, 0.2) is 78.0 Å². The summed E-state index contributed by atoms with van der Waals surface area (Å²) in [6, 6.07) is 19.4. The first-order valence-corrected chi connectivity index (χ1v) is 9.38. The van der Waals surface area contributed by atoms with Crippen LogP contribution < -0.4 is 14.8 Å². The van der Waals surface area contributed by atoms with E-state index in [9.17, 15) is 10.0 Å². The van der Waals surface area contributed by atoms with Gasteiger partial charge < -0.3 is 15.3 Å². The molecule has 1 N–H and O–H groups in total. The molecule has 2 aromatic carbocycles. The first-order chi connectivity index (χ1) is 13.1. The second-order valence-corrected chi connectivity index (χ2v) is 7.14. The van der Waals surface area contributed by atoms with E-state index in [1.807, 2.05) is 30.3 Å². The topological polar surface area (TPSA) is 65.3 Å². The Kier molecular flexibility index (Phi) is 6.21. The number of carbonyl (C=O) groups excluding carboxylic acids is 1. The smallest absolute Gasteiger partial charge is 0.252 e. The zero-order chi connectivity index (χ0) is 19.2. The molecule has 1 atom stereocenters. The number of thioether (sulfide) groups is 1. The van der Waals surface area contributed by atoms with E-state index < -0.39 is 5.25 Å². The molecule has 0 aliphatic rings. The molecule has 1 amide bonds. The fourth-order valence-electron chi connectivity index (χ4n) is 2.48. The van der Waals surface area contributed by atoms with Crippen LogP contribution in [-0.4, -0.2) is 13.0 Å². The number of hydrogen-bond donors (Lipinski definition) is 1. The number of anilines is 1. The van der Waals surface area contributed by atoms with Crippen LogP contribution in [0.25, 0.3) is 0 Å². The lowest BCUT2D eigenvalue weighted by Gasteiger charge is -2.17. The summed E-state index contributed by atoms with van der Waals surface area (Å²) in [4.78, 5) is 13.0. The summed E-state index contributed by atoms with van der Waals surface area (Å²) >= 11 is 7.32. The van der Waals surface area contributed by atoms with Gasteiger partial charge in [-0.05, 0) is 41.6 Å². The standard InChI is InChI=1S/C20H17ClN2O3S/c1-26-17-11-10-15(13-16(17)21)22-20(24)19(14-7-3-2-4-8-14)27-18-9-5-6-12-23(18)25/h2-13,19H,1H3,(H,22,24)/t19-/m0/s1. The molecule has 3 rings (SSSR count). The molecule has 7 heteroatoms. The van der Waals surface area contributed by atoms with Gasteiger partial charge in [0.25, 0.3) is 5.03 Å². The molecule has 27 heavy (non-hydrogen) atoms. The zero-order valence-corrected chi connectivity index (χ0v) is 16.0. The van der Waals surface area contributed by atoms with Crippen molar-refractivity contribution in [1.29, 1.82) is 0 Å². The van der Waals surface area contributed by atoms with Gasteiger partial charge in [0.15, 0.2) is 6.20 Å². The van der Waals surface area contributed by atoms with Crippen molar-refractivity contribution in [2.24, 2.45) is 0 Å². The third-order valence-corrected chi connectivity index (χ3v) is 5.36. The Morgan fingerprint density at radius 2 is 1.89 bits per heavy atom. The van der Waals surface area contributed by atoms with Crippen LogP contribution in [0.1, 0.15) is 10.8 Å². The lowest BCUT2D eigenvalue weighted by atomic mass is 10.1. The monoisotopic (exact) mass is 400 g/mol. The van der Waals surface area contributed by atoms with Crippen LogP contribution in [0, 0.1) is 5.21 Å². The lowest BCUT2D eigenvalue weighted by molar-refractivity contribution is -0.645. The van der Waals surface area contributed by atoms with E-state index in [2.05, 4.69) is 5.32 Å². The van der Waals surface area contributed by atoms with Gasteiger partial charge in [0.05, 0.1) is 12.1 Å². The molecule has 0 unspecified atom stereocenters. The molecule has 0 aliphatic carbocycles. The van der Waals surface area contributed by atoms with Crippen molar-refractivity contribution in [2.75, 3.05) is 12.4 Å². The molecule has 1 heterocycles. The molecule has 0 saturated heterocycles. The zero-order valence-electron chi connectivity index (χ0n) is 14.5. The number of methoxy groups -OCH3 is 1. The summed E-state index contributed by atoms with van der Waals surface area (Å²) < 4.78 is 5.88. The van der Waals surface area contributed by atoms with Crippen molar-refractivity contribution in [2.45, 2.75) is 10.3 Å². The van der Waals surface area contributed by atoms with Gasteiger partial charge in [-0.3, -0.25) is 4.79 Å². The van der Waals surface area contributed by atoms with E-state index in [0.29, 0.717) is 21.5 Å². The minimum atomic E-state index is -0.602. The SMILES string of the molecule is COc1ccc(NC(=O)[C@@H](Sc2cccc[n+]2[O-])c2ccccc2)cc1Cl. The summed E-state index contributed by atoms with van der Waals surface area (Å²) in [6.07, 6.45) is 1.41. The van der Waals surface area contributed by atoms with Gasteiger partial charge in [-0.2, -0.15) is 4.73 Å². The highest BCUT2D eigenvalue weighted by Crippen LogP contribution is 2.35. The number of pyridine rings is 1. The molecule has 138 valence electrons. The van der Waals surface area contributed by atoms with E-state index in [1.165, 1.54) is 25.1 Å². The minimum absolute atomic E-state index is 0.253. The van der Waals surface area contributed by atoms with Crippen LogP contribution in [0.2, 0.25) is 5.02 Å². The number of carbonyl (C=O) groups is 1. The number of hydrogen-bond acceptors (Lipinski definition) is 4. The maximum absolute atomic E-state index is 13.0. The molecule has 0 bridgehead atoms. The Balaban J connectivity index is 1.87. The maximum atomic E-state index is 13.0. The maximum Gasteiger partial charge on any atom is 0.252 e. The van der Waals surface area contributed by atoms with Crippen LogP contribution in [0.5, 0.6) is 5.75 Å². The lowest BCUT2D eigenvalue weighted by Crippen LogP contribution is -2.29. The van der Waals surface area contributed by atoms with E-state index in [-0.39, 0.29) is 5.91 Å². The minimum Gasteiger partial charge on any atom is -0.618 e. The fourth-order valence-corrected chi connectivity index (χ4v) is 3.76. The van der Waals surface area contributed by atoms with Gasteiger partial charge in [0.2, 0.25) is 5.91 Å². The van der Waals surface area contributed by atoms with Crippen molar-refractivity contribution in [1.82, 2.24) is 0 Å². The molecule has 0 spiro atoms. The highest BCUT2D eigenvalue weighted by Gasteiger charge is 2.25. The van der Waals surface area contributed by atoms with Crippen molar-refractivity contribution in [3.05, 3.63) is 88.7 Å². The summed E-state index contributed by atoms with van der Waals surface area (Å²) in [5.41, 5.74) is 1.35. The van der Waals surface area contributed by atoms with Gasteiger partial charge in [-0.15, -0.1) is 0 Å². The summed E-state index contributed by atoms with van der Waals surface area (Å²) in [5.74, 6) is 0.275. The number of nitrogens with one attached hydrogen (secondary N) is 1. The summed E-state index contributed by atoms with van der Waals surface area (Å²) in [7, 11) is 1.53. The van der Waals surface area contributed by atoms with Crippen LogP contribution in [0.3, 0.4) is 0 Å². The van der Waals surface area contributed by atoms with Crippen molar-refractivity contribution in [3.63, 3.8) is 0 Å². The molecule has 0 aliphatic heterocycles. The Bertz CT molecular complexity index is 938. The van der Waals surface area contributed by atoms with Crippen molar-refractivity contribution < 1.29 is 14.3 Å². The fraction of sp³-hybridized carbons (Fsp3) is 0.100. The molecule has 0 saturated carbocycles. The first kappa shape index (κ1) is 19.1. The predicted octanol–water partition coefficient (Wildman–Crippen LogP) is 4.45. The Morgan fingerprint density at radius 3 is 2.56 bits per heavy atom. The number of ether oxygens (including phenoxy) is 1.